The summed E-state index contributed by atoms with van der Waals surface area (Å²) in [7, 11) is 0. The minimum absolute atomic E-state index is 0.301. The van der Waals surface area contributed by atoms with E-state index in [2.05, 4.69) is 21.1 Å². The Bertz CT molecular complexity index is 838. The van der Waals surface area contributed by atoms with E-state index >= 15 is 0 Å². The van der Waals surface area contributed by atoms with Gasteiger partial charge in [0, 0.05) is 13.1 Å². The van der Waals surface area contributed by atoms with Crippen molar-refractivity contribution in [3.05, 3.63) is 59.3 Å². The van der Waals surface area contributed by atoms with Crippen molar-refractivity contribution in [1.82, 2.24) is 15.0 Å². The Morgan fingerprint density at radius 2 is 2.08 bits per heavy atom. The molecule has 1 aromatic carbocycles. The molecule has 1 N–H and O–H groups in total. The lowest BCUT2D eigenvalue weighted by Gasteiger charge is -2.25. The molecule has 0 atom stereocenters. The highest BCUT2D eigenvalue weighted by atomic mass is 32.1. The van der Waals surface area contributed by atoms with Gasteiger partial charge in [0.15, 0.2) is 0 Å². The molecule has 122 valence electrons. The number of phenolic OH excluding ortho intramolecular Hbond substituents is 1. The van der Waals surface area contributed by atoms with Gasteiger partial charge in [-0.25, -0.2) is 0 Å². The van der Waals surface area contributed by atoms with Gasteiger partial charge in [-0.2, -0.15) is 4.98 Å². The average molecular weight is 339 g/mol. The molecule has 0 aliphatic carbocycles. The fourth-order valence-electron chi connectivity index (χ4n) is 2.81. The van der Waals surface area contributed by atoms with E-state index in [1.165, 1.54) is 11.1 Å². The van der Waals surface area contributed by atoms with Crippen LogP contribution in [-0.2, 0) is 6.54 Å². The fraction of sp³-hybridized carbons (Fsp3) is 0.222. The minimum atomic E-state index is 0.301. The van der Waals surface area contributed by atoms with Crippen LogP contribution in [0, 0.1) is 0 Å². The third-order valence-electron chi connectivity index (χ3n) is 4.10. The molecule has 0 saturated heterocycles. The molecule has 1 aliphatic heterocycles. The molecule has 6 heteroatoms. The Labute approximate surface area is 143 Å². The fourth-order valence-corrected chi connectivity index (χ4v) is 3.46. The molecule has 3 heterocycles. The largest absolute Gasteiger partial charge is 0.508 e. The Morgan fingerprint density at radius 1 is 1.21 bits per heavy atom. The summed E-state index contributed by atoms with van der Waals surface area (Å²) in [6.07, 6.45) is 3.20. The normalized spacial score (nSPS) is 15.4. The third kappa shape index (κ3) is 3.25. The van der Waals surface area contributed by atoms with Gasteiger partial charge in [-0.3, -0.25) is 4.90 Å². The van der Waals surface area contributed by atoms with Crippen LogP contribution < -0.4 is 0 Å². The van der Waals surface area contributed by atoms with Gasteiger partial charge in [0.05, 0.1) is 11.4 Å². The predicted octanol–water partition coefficient (Wildman–Crippen LogP) is 3.79. The quantitative estimate of drug-likeness (QED) is 0.783. The topological polar surface area (TPSA) is 62.4 Å². The summed E-state index contributed by atoms with van der Waals surface area (Å²) in [4.78, 5) is 7.79. The van der Waals surface area contributed by atoms with Crippen LogP contribution in [0.25, 0.3) is 16.3 Å². The maximum Gasteiger partial charge on any atom is 0.241 e. The van der Waals surface area contributed by atoms with Crippen LogP contribution in [0.15, 0.2) is 52.4 Å². The Balaban J connectivity index is 1.40. The predicted molar refractivity (Wildman–Crippen MR) is 93.6 cm³/mol. The maximum absolute atomic E-state index is 9.38. The summed E-state index contributed by atoms with van der Waals surface area (Å²) in [5, 5.41) is 15.4. The average Bonchev–Trinajstić information content (AvgIpc) is 3.28. The van der Waals surface area contributed by atoms with E-state index in [1.807, 2.05) is 29.6 Å². The van der Waals surface area contributed by atoms with Crippen LogP contribution in [0.2, 0.25) is 0 Å². The number of aromatic nitrogens is 2. The minimum Gasteiger partial charge on any atom is -0.508 e. The Kier molecular flexibility index (Phi) is 4.15. The number of benzene rings is 1. The number of thiophene rings is 1. The smallest absolute Gasteiger partial charge is 0.241 e. The standard InChI is InChI=1S/C18H17N3O2S/c22-15-5-3-13(4-6-15)14-7-9-21(10-8-14)12-17-19-18(20-23-17)16-2-1-11-24-16/h1-7,11,22H,8-10,12H2. The molecule has 0 bridgehead atoms. The van der Waals surface area contributed by atoms with Crippen molar-refractivity contribution in [2.75, 3.05) is 13.1 Å². The van der Waals surface area contributed by atoms with Crippen LogP contribution in [0.4, 0.5) is 0 Å². The summed E-state index contributed by atoms with van der Waals surface area (Å²) in [5.41, 5.74) is 2.49. The molecular formula is C18H17N3O2S. The second-order valence-corrected chi connectivity index (χ2v) is 6.70. The van der Waals surface area contributed by atoms with Crippen molar-refractivity contribution >= 4 is 16.9 Å². The van der Waals surface area contributed by atoms with Gasteiger partial charge in [-0.05, 0) is 41.1 Å². The SMILES string of the molecule is Oc1ccc(C2=CCN(Cc3nc(-c4cccs4)no3)CC2)cc1. The molecule has 4 rings (SSSR count). The molecule has 0 unspecified atom stereocenters. The zero-order chi connectivity index (χ0) is 16.4. The molecule has 0 radical (unpaired) electrons. The van der Waals surface area contributed by atoms with Gasteiger partial charge in [0.1, 0.15) is 5.75 Å². The second kappa shape index (κ2) is 6.59. The van der Waals surface area contributed by atoms with Gasteiger partial charge in [-0.1, -0.05) is 29.4 Å². The van der Waals surface area contributed by atoms with Crippen molar-refractivity contribution in [2.24, 2.45) is 0 Å². The van der Waals surface area contributed by atoms with Crippen molar-refractivity contribution < 1.29 is 9.63 Å². The van der Waals surface area contributed by atoms with Crippen molar-refractivity contribution in [2.45, 2.75) is 13.0 Å². The summed E-state index contributed by atoms with van der Waals surface area (Å²) in [6.45, 7) is 2.47. The van der Waals surface area contributed by atoms with E-state index in [-0.39, 0.29) is 0 Å². The van der Waals surface area contributed by atoms with Crippen LogP contribution in [0.5, 0.6) is 5.75 Å². The van der Waals surface area contributed by atoms with E-state index < -0.39 is 0 Å². The first-order valence-corrected chi connectivity index (χ1v) is 8.73. The van der Waals surface area contributed by atoms with E-state index in [4.69, 9.17) is 4.52 Å². The first kappa shape index (κ1) is 15.1. The van der Waals surface area contributed by atoms with E-state index in [1.54, 1.807) is 23.5 Å². The van der Waals surface area contributed by atoms with Gasteiger partial charge >= 0.3 is 0 Å². The molecule has 24 heavy (non-hydrogen) atoms. The maximum atomic E-state index is 9.38. The number of nitrogens with zero attached hydrogens (tertiary/aromatic N) is 3. The van der Waals surface area contributed by atoms with E-state index in [9.17, 15) is 5.11 Å². The van der Waals surface area contributed by atoms with Gasteiger partial charge in [0.2, 0.25) is 11.7 Å². The number of hydrogen-bond donors (Lipinski definition) is 1. The first-order chi connectivity index (χ1) is 11.8. The lowest BCUT2D eigenvalue weighted by atomic mass is 9.99. The zero-order valence-corrected chi connectivity index (χ0v) is 13.9. The lowest BCUT2D eigenvalue weighted by molar-refractivity contribution is 0.245. The lowest BCUT2D eigenvalue weighted by Crippen LogP contribution is -2.28. The van der Waals surface area contributed by atoms with Crippen molar-refractivity contribution in [3.63, 3.8) is 0 Å². The molecule has 5 nitrogen and oxygen atoms in total. The molecular weight excluding hydrogens is 322 g/mol. The molecule has 0 spiro atoms. The Morgan fingerprint density at radius 3 is 2.79 bits per heavy atom. The monoisotopic (exact) mass is 339 g/mol. The van der Waals surface area contributed by atoms with Gasteiger partial charge in [-0.15, -0.1) is 11.3 Å². The van der Waals surface area contributed by atoms with E-state index in [0.717, 1.165) is 24.4 Å². The molecule has 3 aromatic rings. The van der Waals surface area contributed by atoms with E-state index in [0.29, 0.717) is 24.0 Å². The highest BCUT2D eigenvalue weighted by Gasteiger charge is 2.17. The molecule has 0 fully saturated rings. The summed E-state index contributed by atoms with van der Waals surface area (Å²) in [6, 6.07) is 11.4. The molecule has 2 aromatic heterocycles. The van der Waals surface area contributed by atoms with Crippen LogP contribution >= 0.6 is 11.3 Å². The zero-order valence-electron chi connectivity index (χ0n) is 13.1. The van der Waals surface area contributed by atoms with Crippen molar-refractivity contribution in [3.8, 4) is 16.5 Å². The highest BCUT2D eigenvalue weighted by molar-refractivity contribution is 7.13. The third-order valence-corrected chi connectivity index (χ3v) is 4.97. The second-order valence-electron chi connectivity index (χ2n) is 5.75. The Hall–Kier alpha value is -2.44. The summed E-state index contributed by atoms with van der Waals surface area (Å²) in [5.74, 6) is 1.62. The molecule has 1 aliphatic rings. The molecule has 0 amide bonds. The van der Waals surface area contributed by atoms with Crippen LogP contribution in [-0.4, -0.2) is 33.2 Å². The van der Waals surface area contributed by atoms with Gasteiger partial charge < -0.3 is 9.63 Å². The highest BCUT2D eigenvalue weighted by Crippen LogP contribution is 2.25. The summed E-state index contributed by atoms with van der Waals surface area (Å²) >= 11 is 1.61. The van der Waals surface area contributed by atoms with Gasteiger partial charge in [0.25, 0.3) is 0 Å². The van der Waals surface area contributed by atoms with Crippen molar-refractivity contribution in [1.29, 1.82) is 0 Å². The summed E-state index contributed by atoms with van der Waals surface area (Å²) < 4.78 is 5.37. The van der Waals surface area contributed by atoms with Crippen LogP contribution in [0.1, 0.15) is 17.9 Å². The number of hydrogen-bond acceptors (Lipinski definition) is 6. The van der Waals surface area contributed by atoms with Crippen LogP contribution in [0.3, 0.4) is 0 Å². The number of phenols is 1. The molecule has 0 saturated carbocycles. The first-order valence-electron chi connectivity index (χ1n) is 7.85. The number of aromatic hydroxyl groups is 1. The number of rotatable bonds is 4.